The number of hydrogen-bond donors (Lipinski definition) is 1. The molecule has 3 rings (SSSR count). The molecule has 1 saturated heterocycles. The minimum atomic E-state index is -3.45. The maximum atomic E-state index is 12.8. The summed E-state index contributed by atoms with van der Waals surface area (Å²) in [6.07, 6.45) is 10.2. The molecule has 0 bridgehead atoms. The van der Waals surface area contributed by atoms with Gasteiger partial charge in [-0.2, -0.15) is 4.31 Å². The summed E-state index contributed by atoms with van der Waals surface area (Å²) in [6.45, 7) is 1.16. The van der Waals surface area contributed by atoms with Crippen LogP contribution in [-0.4, -0.2) is 36.7 Å². The highest BCUT2D eigenvalue weighted by molar-refractivity contribution is 7.89. The highest BCUT2D eigenvalue weighted by Crippen LogP contribution is 2.21. The lowest BCUT2D eigenvalue weighted by molar-refractivity contribution is -0.111. The van der Waals surface area contributed by atoms with E-state index >= 15 is 0 Å². The Morgan fingerprint density at radius 2 is 1.74 bits per heavy atom. The van der Waals surface area contributed by atoms with Gasteiger partial charge in [-0.15, -0.1) is 0 Å². The largest absolute Gasteiger partial charge is 0.321 e. The van der Waals surface area contributed by atoms with Gasteiger partial charge in [-0.25, -0.2) is 8.42 Å². The number of amides is 1. The third kappa shape index (κ3) is 5.24. The maximum Gasteiger partial charge on any atom is 0.248 e. The first-order valence-electron chi connectivity index (χ1n) is 9.05. The van der Waals surface area contributed by atoms with Gasteiger partial charge in [0.25, 0.3) is 0 Å². The number of nitrogens with zero attached hydrogens (tertiary/aromatic N) is 2. The number of sulfonamides is 1. The van der Waals surface area contributed by atoms with E-state index in [1.165, 1.54) is 6.08 Å². The van der Waals surface area contributed by atoms with Crippen LogP contribution in [0.5, 0.6) is 0 Å². The minimum absolute atomic E-state index is 0.274. The molecule has 1 aliphatic heterocycles. The summed E-state index contributed by atoms with van der Waals surface area (Å²) in [5, 5.41) is 2.71. The number of benzene rings is 1. The van der Waals surface area contributed by atoms with Crippen molar-refractivity contribution in [3.63, 3.8) is 0 Å². The average Bonchev–Trinajstić information content (AvgIpc) is 2.98. The number of rotatable bonds is 5. The molecular formula is C20H23N3O3S. The Balaban J connectivity index is 1.65. The second-order valence-corrected chi connectivity index (χ2v) is 8.39. The van der Waals surface area contributed by atoms with Crippen LogP contribution < -0.4 is 5.32 Å². The van der Waals surface area contributed by atoms with Crippen molar-refractivity contribution in [1.82, 2.24) is 9.29 Å². The standard InChI is InChI=1S/C20H23N3O3S/c24-20(22-18-6-5-13-21-16-18)12-9-17-7-10-19(11-8-17)27(25,26)23-14-3-1-2-4-15-23/h5-13,16H,1-4,14-15H2,(H,22,24)/b12-9+. The number of nitrogens with one attached hydrogen (secondary N) is 1. The van der Waals surface area contributed by atoms with Gasteiger partial charge in [-0.1, -0.05) is 25.0 Å². The maximum absolute atomic E-state index is 12.8. The molecule has 0 atom stereocenters. The monoisotopic (exact) mass is 385 g/mol. The Hall–Kier alpha value is -2.51. The SMILES string of the molecule is O=C(/C=C/c1ccc(S(=O)(=O)N2CCCCCC2)cc1)Nc1cccnc1. The van der Waals surface area contributed by atoms with Crippen LogP contribution in [0.3, 0.4) is 0 Å². The van der Waals surface area contributed by atoms with E-state index in [0.29, 0.717) is 23.7 Å². The molecule has 7 heteroatoms. The molecule has 142 valence electrons. The van der Waals surface area contributed by atoms with Crippen molar-refractivity contribution in [2.24, 2.45) is 0 Å². The quantitative estimate of drug-likeness (QED) is 0.801. The molecule has 2 aromatic rings. The zero-order valence-corrected chi connectivity index (χ0v) is 15.9. The Bertz CT molecular complexity index is 886. The van der Waals surface area contributed by atoms with Crippen LogP contribution in [0.2, 0.25) is 0 Å². The highest BCUT2D eigenvalue weighted by atomic mass is 32.2. The van der Waals surface area contributed by atoms with Crippen LogP contribution in [0.25, 0.3) is 6.08 Å². The van der Waals surface area contributed by atoms with Crippen molar-refractivity contribution in [2.75, 3.05) is 18.4 Å². The van der Waals surface area contributed by atoms with Gasteiger partial charge in [0, 0.05) is 25.4 Å². The molecule has 2 heterocycles. The Labute approximate surface area is 160 Å². The van der Waals surface area contributed by atoms with Gasteiger partial charge < -0.3 is 5.32 Å². The van der Waals surface area contributed by atoms with Crippen molar-refractivity contribution in [2.45, 2.75) is 30.6 Å². The van der Waals surface area contributed by atoms with E-state index in [2.05, 4.69) is 10.3 Å². The molecule has 27 heavy (non-hydrogen) atoms. The van der Waals surface area contributed by atoms with Crippen molar-refractivity contribution >= 4 is 27.7 Å². The van der Waals surface area contributed by atoms with Crippen LogP contribution in [-0.2, 0) is 14.8 Å². The smallest absolute Gasteiger partial charge is 0.248 e. The number of carbonyl (C=O) groups excluding carboxylic acids is 1. The lowest BCUT2D eigenvalue weighted by Crippen LogP contribution is -2.31. The first kappa shape index (κ1) is 19.3. The fourth-order valence-electron chi connectivity index (χ4n) is 2.97. The molecule has 6 nitrogen and oxygen atoms in total. The molecule has 1 fully saturated rings. The molecule has 0 unspecified atom stereocenters. The van der Waals surface area contributed by atoms with Crippen LogP contribution in [0, 0.1) is 0 Å². The minimum Gasteiger partial charge on any atom is -0.321 e. The van der Waals surface area contributed by atoms with Gasteiger partial charge in [0.05, 0.1) is 16.8 Å². The fourth-order valence-corrected chi connectivity index (χ4v) is 4.49. The van der Waals surface area contributed by atoms with Gasteiger partial charge in [-0.05, 0) is 48.7 Å². The Kier molecular flexibility index (Phi) is 6.36. The van der Waals surface area contributed by atoms with E-state index in [4.69, 9.17) is 0 Å². The van der Waals surface area contributed by atoms with E-state index in [9.17, 15) is 13.2 Å². The molecular weight excluding hydrogens is 362 g/mol. The van der Waals surface area contributed by atoms with Crippen molar-refractivity contribution in [3.05, 3.63) is 60.4 Å². The fraction of sp³-hybridized carbons (Fsp3) is 0.300. The predicted octanol–water partition coefficient (Wildman–Crippen LogP) is 3.30. The zero-order valence-electron chi connectivity index (χ0n) is 15.0. The molecule has 0 radical (unpaired) electrons. The topological polar surface area (TPSA) is 79.4 Å². The molecule has 1 aromatic carbocycles. The molecule has 1 amide bonds. The van der Waals surface area contributed by atoms with Crippen molar-refractivity contribution in [1.29, 1.82) is 0 Å². The summed E-state index contributed by atoms with van der Waals surface area (Å²) >= 11 is 0. The van der Waals surface area contributed by atoms with E-state index in [1.807, 2.05) is 0 Å². The molecule has 0 saturated carbocycles. The lowest BCUT2D eigenvalue weighted by atomic mass is 10.2. The van der Waals surface area contributed by atoms with E-state index in [1.54, 1.807) is 59.2 Å². The summed E-state index contributed by atoms with van der Waals surface area (Å²) in [6, 6.07) is 10.1. The van der Waals surface area contributed by atoms with Gasteiger partial charge in [-0.3, -0.25) is 9.78 Å². The highest BCUT2D eigenvalue weighted by Gasteiger charge is 2.24. The molecule has 1 N–H and O–H groups in total. The number of anilines is 1. The van der Waals surface area contributed by atoms with Crippen molar-refractivity contribution < 1.29 is 13.2 Å². The van der Waals surface area contributed by atoms with Crippen molar-refractivity contribution in [3.8, 4) is 0 Å². The molecule has 1 aliphatic rings. The summed E-state index contributed by atoms with van der Waals surface area (Å²) in [5.41, 5.74) is 1.37. The van der Waals surface area contributed by atoms with Crippen LogP contribution in [0.15, 0.2) is 59.8 Å². The van der Waals surface area contributed by atoms with Crippen LogP contribution in [0.1, 0.15) is 31.2 Å². The lowest BCUT2D eigenvalue weighted by Gasteiger charge is -2.19. The Morgan fingerprint density at radius 1 is 1.04 bits per heavy atom. The predicted molar refractivity (Wildman–Crippen MR) is 106 cm³/mol. The molecule has 0 aliphatic carbocycles. The summed E-state index contributed by atoms with van der Waals surface area (Å²) in [4.78, 5) is 16.1. The van der Waals surface area contributed by atoms with Crippen LogP contribution >= 0.6 is 0 Å². The van der Waals surface area contributed by atoms with Gasteiger partial charge in [0.2, 0.25) is 15.9 Å². The number of hydrogen-bond acceptors (Lipinski definition) is 4. The third-order valence-corrected chi connectivity index (χ3v) is 6.35. The molecule has 0 spiro atoms. The second-order valence-electron chi connectivity index (χ2n) is 6.45. The first-order chi connectivity index (χ1) is 13.1. The average molecular weight is 385 g/mol. The summed E-state index contributed by atoms with van der Waals surface area (Å²) < 4.78 is 27.1. The number of carbonyl (C=O) groups is 1. The van der Waals surface area contributed by atoms with E-state index in [0.717, 1.165) is 31.2 Å². The first-order valence-corrected chi connectivity index (χ1v) is 10.5. The van der Waals surface area contributed by atoms with Gasteiger partial charge in [0.1, 0.15) is 0 Å². The van der Waals surface area contributed by atoms with Crippen LogP contribution in [0.4, 0.5) is 5.69 Å². The number of pyridine rings is 1. The summed E-state index contributed by atoms with van der Waals surface area (Å²) in [7, 11) is -3.45. The van der Waals surface area contributed by atoms with E-state index in [-0.39, 0.29) is 5.91 Å². The number of aromatic nitrogens is 1. The second kappa shape index (κ2) is 8.92. The van der Waals surface area contributed by atoms with E-state index < -0.39 is 10.0 Å². The van der Waals surface area contributed by atoms with Gasteiger partial charge in [0.15, 0.2) is 0 Å². The molecule has 1 aromatic heterocycles. The third-order valence-electron chi connectivity index (χ3n) is 4.44. The summed E-state index contributed by atoms with van der Waals surface area (Å²) in [5.74, 6) is -0.274. The Morgan fingerprint density at radius 3 is 2.37 bits per heavy atom. The zero-order chi connectivity index (χ0) is 19.1. The van der Waals surface area contributed by atoms with Gasteiger partial charge >= 0.3 is 0 Å². The normalized spacial score (nSPS) is 16.1.